The van der Waals surface area contributed by atoms with Crippen molar-refractivity contribution in [3.63, 3.8) is 0 Å². The van der Waals surface area contributed by atoms with Crippen LogP contribution in [-0.4, -0.2) is 97.1 Å². The monoisotopic (exact) mass is 578 g/mol. The molecule has 0 amide bonds. The minimum absolute atomic E-state index is 0.0481. The number of methoxy groups -OCH3 is 1. The largest absolute Gasteiger partial charge is 0.390 e. The van der Waals surface area contributed by atoms with Crippen molar-refractivity contribution in [2.75, 3.05) is 26.9 Å². The smallest absolute Gasteiger partial charge is 0.187 e. The maximum absolute atomic E-state index is 12.2. The number of rotatable bonds is 5. The lowest BCUT2D eigenvalue weighted by Gasteiger charge is -2.50. The predicted octanol–water partition coefficient (Wildman–Crippen LogP) is 2.96. The topological polar surface area (TPSA) is 116 Å². The Balaban J connectivity index is 1.42. The molecule has 9 nitrogen and oxygen atoms in total. The molecule has 6 aliphatic rings. The molecule has 3 N–H and O–H groups in total. The SMILES string of the molecule is COC[C@H]1CC[C@@H]2C1=C[C@]1(C)C(=C(C(C)C)[C@@H]3CCO[C@@H]31)[C@@H](O[C@H]1O[C@@H]3COC(C)(C)O[C@H]3[C@H](O)[C@H]1O)[C@H](O)[C@@H]2C. The maximum Gasteiger partial charge on any atom is 0.187 e. The van der Waals surface area contributed by atoms with Crippen LogP contribution < -0.4 is 0 Å². The molecule has 3 aliphatic carbocycles. The molecule has 3 aliphatic heterocycles. The fourth-order valence-electron chi connectivity index (χ4n) is 8.99. The first kappa shape index (κ1) is 30.2. The Bertz CT molecular complexity index is 1050. The van der Waals surface area contributed by atoms with Crippen LogP contribution in [0.2, 0.25) is 0 Å². The highest BCUT2D eigenvalue weighted by Gasteiger charge is 2.60. The lowest BCUT2D eigenvalue weighted by atomic mass is 9.68. The zero-order valence-electron chi connectivity index (χ0n) is 25.6. The van der Waals surface area contributed by atoms with E-state index in [2.05, 4.69) is 33.8 Å². The highest BCUT2D eigenvalue weighted by atomic mass is 16.8. The second-order valence-electron chi connectivity index (χ2n) is 14.2. The third-order valence-electron chi connectivity index (χ3n) is 10.9. The zero-order valence-corrected chi connectivity index (χ0v) is 25.6. The van der Waals surface area contributed by atoms with Gasteiger partial charge >= 0.3 is 0 Å². The number of hydrogen-bond donors (Lipinski definition) is 3. The molecule has 1 saturated carbocycles. The predicted molar refractivity (Wildman–Crippen MR) is 150 cm³/mol. The van der Waals surface area contributed by atoms with Crippen molar-refractivity contribution in [1.29, 1.82) is 0 Å². The van der Waals surface area contributed by atoms with Gasteiger partial charge in [0, 0.05) is 31.0 Å². The molecule has 0 spiro atoms. The molecule has 0 aromatic heterocycles. The molecular weight excluding hydrogens is 528 g/mol. The molecule has 4 fully saturated rings. The van der Waals surface area contributed by atoms with E-state index >= 15 is 0 Å². The molecule has 0 radical (unpaired) electrons. The fraction of sp³-hybridized carbons (Fsp3) is 0.875. The molecule has 3 heterocycles. The number of aliphatic hydroxyl groups is 3. The normalized spacial score (nSPS) is 49.2. The van der Waals surface area contributed by atoms with Crippen LogP contribution in [0.4, 0.5) is 0 Å². The van der Waals surface area contributed by atoms with E-state index in [9.17, 15) is 15.3 Å². The van der Waals surface area contributed by atoms with Crippen molar-refractivity contribution in [3.8, 4) is 0 Å². The summed E-state index contributed by atoms with van der Waals surface area (Å²) >= 11 is 0. The summed E-state index contributed by atoms with van der Waals surface area (Å²) in [6.45, 7) is 13.9. The van der Waals surface area contributed by atoms with E-state index in [0.29, 0.717) is 19.1 Å². The molecule has 0 aromatic carbocycles. The Labute approximate surface area is 244 Å². The molecule has 9 heteroatoms. The Kier molecular flexibility index (Phi) is 8.04. The summed E-state index contributed by atoms with van der Waals surface area (Å²) in [5, 5.41) is 34.6. The average molecular weight is 579 g/mol. The van der Waals surface area contributed by atoms with Crippen LogP contribution in [0.1, 0.15) is 60.8 Å². The quantitative estimate of drug-likeness (QED) is 0.424. The maximum atomic E-state index is 12.2. The van der Waals surface area contributed by atoms with Crippen molar-refractivity contribution in [1.82, 2.24) is 0 Å². The van der Waals surface area contributed by atoms with Gasteiger partial charge in [-0.25, -0.2) is 0 Å². The minimum atomic E-state index is -1.35. The summed E-state index contributed by atoms with van der Waals surface area (Å²) in [4.78, 5) is 0. The van der Waals surface area contributed by atoms with Crippen LogP contribution in [0.3, 0.4) is 0 Å². The fourth-order valence-corrected chi connectivity index (χ4v) is 8.99. The minimum Gasteiger partial charge on any atom is -0.390 e. The van der Waals surface area contributed by atoms with Gasteiger partial charge in [0.2, 0.25) is 0 Å². The lowest BCUT2D eigenvalue weighted by molar-refractivity contribution is -0.387. The van der Waals surface area contributed by atoms with Gasteiger partial charge in [0.1, 0.15) is 30.5 Å². The highest BCUT2D eigenvalue weighted by molar-refractivity contribution is 5.45. The molecule has 6 rings (SSSR count). The standard InChI is InChI=1S/C32H50O9/c1-15(2)22-19-10-11-37-29(19)32(6)12-20-17(13-36-7)8-9-18(20)16(3)24(33)28(23(22)32)40-30-26(35)25(34)27-21(39-30)14-38-31(4,5)41-27/h12,15-19,21,24-30,33-35H,8-11,13-14H2,1-7H3/t16-,17-,18+,19+,21-,24-,25-,26-,27-,28-,29+,30-,32-/m1/s1. The molecule has 41 heavy (non-hydrogen) atoms. The molecule has 232 valence electrons. The van der Waals surface area contributed by atoms with E-state index in [4.69, 9.17) is 28.4 Å². The number of hydrogen-bond acceptors (Lipinski definition) is 9. The van der Waals surface area contributed by atoms with Crippen molar-refractivity contribution in [2.24, 2.45) is 35.0 Å². The second kappa shape index (κ2) is 10.9. The second-order valence-corrected chi connectivity index (χ2v) is 14.2. The third kappa shape index (κ3) is 4.88. The van der Waals surface area contributed by atoms with Crippen LogP contribution >= 0.6 is 0 Å². The Morgan fingerprint density at radius 3 is 2.49 bits per heavy atom. The molecule has 13 atom stereocenters. The number of ether oxygens (including phenoxy) is 6. The van der Waals surface area contributed by atoms with Crippen molar-refractivity contribution in [3.05, 3.63) is 22.8 Å². The van der Waals surface area contributed by atoms with E-state index in [1.54, 1.807) is 21.0 Å². The summed E-state index contributed by atoms with van der Waals surface area (Å²) in [6.07, 6.45) is -1.38. The van der Waals surface area contributed by atoms with Gasteiger partial charge < -0.3 is 43.7 Å². The summed E-state index contributed by atoms with van der Waals surface area (Å²) in [7, 11) is 1.76. The lowest BCUT2D eigenvalue weighted by Crippen LogP contribution is -2.65. The first-order chi connectivity index (χ1) is 19.4. The Morgan fingerprint density at radius 2 is 1.78 bits per heavy atom. The van der Waals surface area contributed by atoms with E-state index in [1.165, 1.54) is 11.1 Å². The Morgan fingerprint density at radius 1 is 1.02 bits per heavy atom. The van der Waals surface area contributed by atoms with Crippen LogP contribution in [0, 0.1) is 35.0 Å². The van der Waals surface area contributed by atoms with Gasteiger partial charge in [0.05, 0.1) is 25.4 Å². The van der Waals surface area contributed by atoms with Crippen molar-refractivity contribution >= 4 is 0 Å². The summed E-state index contributed by atoms with van der Waals surface area (Å²) in [5.41, 5.74) is 3.18. The van der Waals surface area contributed by atoms with E-state index in [0.717, 1.165) is 24.8 Å². The van der Waals surface area contributed by atoms with Gasteiger partial charge in [-0.05, 0) is 63.4 Å². The first-order valence-corrected chi connectivity index (χ1v) is 15.6. The van der Waals surface area contributed by atoms with Gasteiger partial charge in [-0.15, -0.1) is 0 Å². The molecule has 0 aromatic rings. The Hall–Kier alpha value is -0.880. The van der Waals surface area contributed by atoms with Crippen LogP contribution in [0.5, 0.6) is 0 Å². The highest BCUT2D eigenvalue weighted by Crippen LogP contribution is 2.60. The molecule has 3 saturated heterocycles. The van der Waals surface area contributed by atoms with Gasteiger partial charge in [0.15, 0.2) is 12.1 Å². The van der Waals surface area contributed by atoms with Crippen molar-refractivity contribution in [2.45, 2.75) is 116 Å². The van der Waals surface area contributed by atoms with E-state index in [1.807, 2.05) is 0 Å². The number of aliphatic hydroxyl groups excluding tert-OH is 3. The van der Waals surface area contributed by atoms with E-state index in [-0.39, 0.29) is 36.4 Å². The summed E-state index contributed by atoms with van der Waals surface area (Å²) in [6, 6.07) is 0. The van der Waals surface area contributed by atoms with Gasteiger partial charge in [-0.1, -0.05) is 38.0 Å². The molecular formula is C32H50O9. The van der Waals surface area contributed by atoms with E-state index < -0.39 is 54.1 Å². The third-order valence-corrected chi connectivity index (χ3v) is 10.9. The zero-order chi connectivity index (χ0) is 29.4. The van der Waals surface area contributed by atoms with Gasteiger partial charge in [-0.2, -0.15) is 0 Å². The first-order valence-electron chi connectivity index (χ1n) is 15.6. The average Bonchev–Trinajstić information content (AvgIpc) is 3.60. The van der Waals surface area contributed by atoms with Gasteiger partial charge in [0.25, 0.3) is 0 Å². The van der Waals surface area contributed by atoms with Crippen LogP contribution in [0.15, 0.2) is 22.8 Å². The number of fused-ring (bicyclic) bond motifs is 5. The van der Waals surface area contributed by atoms with Crippen molar-refractivity contribution < 1.29 is 43.7 Å². The summed E-state index contributed by atoms with van der Waals surface area (Å²) in [5.74, 6) is -0.0434. The molecule has 0 unspecified atom stereocenters. The summed E-state index contributed by atoms with van der Waals surface area (Å²) < 4.78 is 36.8. The molecule has 0 bridgehead atoms. The van der Waals surface area contributed by atoms with Gasteiger partial charge in [-0.3, -0.25) is 0 Å². The van der Waals surface area contributed by atoms with Crippen LogP contribution in [0.25, 0.3) is 0 Å². The van der Waals surface area contributed by atoms with Crippen LogP contribution in [-0.2, 0) is 28.4 Å².